The monoisotopic (exact) mass is 315 g/mol. The molecule has 0 aliphatic carbocycles. The average molecular weight is 315 g/mol. The van der Waals surface area contributed by atoms with Crippen LogP contribution in [0.25, 0.3) is 0 Å². The second-order valence-corrected chi connectivity index (χ2v) is 5.73. The number of rotatable bonds is 7. The van der Waals surface area contributed by atoms with Crippen LogP contribution in [-0.2, 0) is 11.3 Å². The first-order valence-corrected chi connectivity index (χ1v) is 7.78. The van der Waals surface area contributed by atoms with Gasteiger partial charge in [0.1, 0.15) is 0 Å². The maximum atomic E-state index is 11.8. The van der Waals surface area contributed by atoms with Crippen LogP contribution >= 0.6 is 11.8 Å². The van der Waals surface area contributed by atoms with Gasteiger partial charge < -0.3 is 5.32 Å². The number of hydrogen-bond donors (Lipinski definition) is 3. The number of aromatic amines is 1. The van der Waals surface area contributed by atoms with Crippen LogP contribution in [0.4, 0.5) is 4.79 Å². The Morgan fingerprint density at radius 3 is 2.76 bits per heavy atom. The van der Waals surface area contributed by atoms with E-state index < -0.39 is 17.2 Å². The van der Waals surface area contributed by atoms with Gasteiger partial charge in [-0.1, -0.05) is 25.1 Å². The number of thioether (sulfide) groups is 1. The van der Waals surface area contributed by atoms with E-state index in [4.69, 9.17) is 0 Å². The topological polar surface area (TPSA) is 109 Å². The molecule has 118 valence electrons. The molecule has 1 atom stereocenters. The third kappa shape index (κ3) is 5.25. The van der Waals surface area contributed by atoms with Crippen LogP contribution in [0.15, 0.2) is 9.95 Å². The fraction of sp³-hybridized carbons (Fsp3) is 0.667. The second kappa shape index (κ2) is 8.50. The molecule has 0 bridgehead atoms. The Labute approximate surface area is 127 Å². The zero-order valence-electron chi connectivity index (χ0n) is 12.4. The van der Waals surface area contributed by atoms with Crippen LogP contribution in [0.5, 0.6) is 0 Å². The van der Waals surface area contributed by atoms with Crippen molar-refractivity contribution in [2.45, 2.75) is 50.6 Å². The number of carbonyl (C=O) groups excluding carboxylic acids is 2. The van der Waals surface area contributed by atoms with Gasteiger partial charge in [-0.15, -0.1) is 5.10 Å². The highest BCUT2D eigenvalue weighted by atomic mass is 32.2. The summed E-state index contributed by atoms with van der Waals surface area (Å²) < 4.78 is 1.50. The molecule has 0 saturated carbocycles. The van der Waals surface area contributed by atoms with Gasteiger partial charge in [0.15, 0.2) is 5.16 Å². The number of imide groups is 1. The Kier molecular flexibility index (Phi) is 7.00. The summed E-state index contributed by atoms with van der Waals surface area (Å²) >= 11 is 1.14. The van der Waals surface area contributed by atoms with Crippen molar-refractivity contribution in [3.05, 3.63) is 10.5 Å². The largest absolute Gasteiger partial charge is 0.343 e. The number of nitrogens with one attached hydrogen (secondary N) is 3. The molecule has 0 radical (unpaired) electrons. The summed E-state index contributed by atoms with van der Waals surface area (Å²) in [5.41, 5.74) is -0.290. The van der Waals surface area contributed by atoms with Crippen molar-refractivity contribution >= 4 is 23.7 Å². The molecule has 9 heteroatoms. The van der Waals surface area contributed by atoms with Crippen LogP contribution in [-0.4, -0.2) is 38.5 Å². The van der Waals surface area contributed by atoms with Gasteiger partial charge in [0.25, 0.3) is 0 Å². The molecule has 8 nitrogen and oxygen atoms in total. The fourth-order valence-electron chi connectivity index (χ4n) is 1.54. The normalized spacial score (nSPS) is 12.0. The van der Waals surface area contributed by atoms with E-state index in [2.05, 4.69) is 20.8 Å². The summed E-state index contributed by atoms with van der Waals surface area (Å²) in [6.45, 7) is 6.44. The van der Waals surface area contributed by atoms with Crippen molar-refractivity contribution in [2.24, 2.45) is 0 Å². The number of urea groups is 1. The van der Waals surface area contributed by atoms with Gasteiger partial charge in [-0.25, -0.2) is 14.7 Å². The first-order chi connectivity index (χ1) is 9.99. The highest BCUT2D eigenvalue weighted by Gasteiger charge is 2.20. The van der Waals surface area contributed by atoms with Crippen LogP contribution in [0.2, 0.25) is 0 Å². The molecule has 0 aliphatic heterocycles. The predicted octanol–water partition coefficient (Wildman–Crippen LogP) is 0.698. The number of carbonyl (C=O) groups is 2. The van der Waals surface area contributed by atoms with Crippen molar-refractivity contribution in [3.63, 3.8) is 0 Å². The highest BCUT2D eigenvalue weighted by molar-refractivity contribution is 8.00. The minimum Gasteiger partial charge on any atom is -0.338 e. The summed E-state index contributed by atoms with van der Waals surface area (Å²) in [6.07, 6.45) is 1.81. The van der Waals surface area contributed by atoms with Gasteiger partial charge in [0.05, 0.1) is 5.25 Å². The number of nitrogens with zero attached hydrogens (tertiary/aromatic N) is 2. The van der Waals surface area contributed by atoms with Gasteiger partial charge >= 0.3 is 11.7 Å². The third-order valence-electron chi connectivity index (χ3n) is 2.68. The lowest BCUT2D eigenvalue weighted by Gasteiger charge is -2.11. The molecule has 1 aromatic heterocycles. The molecular formula is C12H21N5O3S. The molecule has 1 heterocycles. The Morgan fingerprint density at radius 1 is 1.43 bits per heavy atom. The lowest BCUT2D eigenvalue weighted by Crippen LogP contribution is -2.42. The first-order valence-electron chi connectivity index (χ1n) is 6.90. The van der Waals surface area contributed by atoms with E-state index in [0.717, 1.165) is 24.6 Å². The molecule has 3 amide bonds. The standard InChI is InChI=1S/C12H21N5O3S/c1-4-6-7-17-11(20)15-16-12(17)21-8(3)9(18)14-10(19)13-5-2/h8H,4-7H2,1-3H3,(H,15,20)(H2,13,14,18,19). The van der Waals surface area contributed by atoms with Crippen molar-refractivity contribution in [3.8, 4) is 0 Å². The second-order valence-electron chi connectivity index (χ2n) is 4.43. The predicted molar refractivity (Wildman–Crippen MR) is 80.3 cm³/mol. The highest BCUT2D eigenvalue weighted by Crippen LogP contribution is 2.20. The number of hydrogen-bond acceptors (Lipinski definition) is 5. The summed E-state index contributed by atoms with van der Waals surface area (Å²) in [6, 6.07) is -0.527. The number of aromatic nitrogens is 3. The van der Waals surface area contributed by atoms with Crippen LogP contribution in [0.3, 0.4) is 0 Å². The third-order valence-corrected chi connectivity index (χ3v) is 3.77. The van der Waals surface area contributed by atoms with E-state index in [1.165, 1.54) is 4.57 Å². The maximum absolute atomic E-state index is 11.8. The molecule has 0 spiro atoms. The van der Waals surface area contributed by atoms with Crippen LogP contribution in [0, 0.1) is 0 Å². The molecule has 0 saturated heterocycles. The molecule has 1 rings (SSSR count). The van der Waals surface area contributed by atoms with Crippen LogP contribution < -0.4 is 16.3 Å². The Hall–Kier alpha value is -1.77. The molecule has 0 fully saturated rings. The quantitative estimate of drug-likeness (QED) is 0.642. The van der Waals surface area contributed by atoms with E-state index in [0.29, 0.717) is 18.2 Å². The molecule has 21 heavy (non-hydrogen) atoms. The Balaban J connectivity index is 2.66. The van der Waals surface area contributed by atoms with E-state index in [1.54, 1.807) is 13.8 Å². The van der Waals surface area contributed by atoms with Gasteiger partial charge in [-0.2, -0.15) is 0 Å². The summed E-state index contributed by atoms with van der Waals surface area (Å²) in [5, 5.41) is 10.9. The van der Waals surface area contributed by atoms with Crippen molar-refractivity contribution in [1.82, 2.24) is 25.4 Å². The number of H-pyrrole nitrogens is 1. The number of amides is 3. The molecule has 3 N–H and O–H groups in total. The van der Waals surface area contributed by atoms with Gasteiger partial charge in [0.2, 0.25) is 5.91 Å². The molecule has 1 aromatic rings. The van der Waals surface area contributed by atoms with Crippen molar-refractivity contribution in [1.29, 1.82) is 0 Å². The molecule has 0 aromatic carbocycles. The lowest BCUT2D eigenvalue weighted by atomic mass is 10.3. The van der Waals surface area contributed by atoms with Crippen LogP contribution in [0.1, 0.15) is 33.6 Å². The van der Waals surface area contributed by atoms with Gasteiger partial charge in [0, 0.05) is 13.1 Å². The summed E-state index contributed by atoms with van der Waals surface area (Å²) in [7, 11) is 0. The lowest BCUT2D eigenvalue weighted by molar-refractivity contribution is -0.119. The fourth-order valence-corrected chi connectivity index (χ4v) is 2.42. The van der Waals surface area contributed by atoms with Gasteiger partial charge in [-0.05, 0) is 20.3 Å². The zero-order chi connectivity index (χ0) is 15.8. The van der Waals surface area contributed by atoms with Gasteiger partial charge in [-0.3, -0.25) is 14.7 Å². The van der Waals surface area contributed by atoms with E-state index in [1.807, 2.05) is 6.92 Å². The maximum Gasteiger partial charge on any atom is 0.343 e. The first kappa shape index (κ1) is 17.3. The molecule has 0 aliphatic rings. The SMILES string of the molecule is CCCCn1c(SC(C)C(=O)NC(=O)NCC)n[nH]c1=O. The van der Waals surface area contributed by atoms with E-state index in [9.17, 15) is 14.4 Å². The average Bonchev–Trinajstić information content (AvgIpc) is 2.77. The Morgan fingerprint density at radius 2 is 2.14 bits per heavy atom. The minimum absolute atomic E-state index is 0.290. The summed E-state index contributed by atoms with van der Waals surface area (Å²) in [5.74, 6) is -0.427. The van der Waals surface area contributed by atoms with Crippen molar-refractivity contribution < 1.29 is 9.59 Å². The minimum atomic E-state index is -0.539. The van der Waals surface area contributed by atoms with Crippen molar-refractivity contribution in [2.75, 3.05) is 6.54 Å². The number of unbranched alkanes of at least 4 members (excludes halogenated alkanes) is 1. The molecular weight excluding hydrogens is 294 g/mol. The molecule has 1 unspecified atom stereocenters. The van der Waals surface area contributed by atoms with E-state index in [-0.39, 0.29) is 5.69 Å². The Bertz CT molecular complexity index is 539. The zero-order valence-corrected chi connectivity index (χ0v) is 13.2. The van der Waals surface area contributed by atoms with E-state index >= 15 is 0 Å². The smallest absolute Gasteiger partial charge is 0.338 e. The summed E-state index contributed by atoms with van der Waals surface area (Å²) in [4.78, 5) is 34.8.